The number of hydrogen-bond acceptors (Lipinski definition) is 2. The van der Waals surface area contributed by atoms with Gasteiger partial charge >= 0.3 is 5.97 Å². The Balaban J connectivity index is 2.36. The van der Waals surface area contributed by atoms with E-state index in [0.717, 1.165) is 10.8 Å². The van der Waals surface area contributed by atoms with Gasteiger partial charge in [-0.2, -0.15) is 0 Å². The number of benzene rings is 2. The molecule has 1 unspecified atom stereocenters. The molecule has 0 amide bonds. The number of carbonyl (C=O) groups excluding carboxylic acids is 1. The summed E-state index contributed by atoms with van der Waals surface area (Å²) in [5.74, 6) is -1.72. The molecule has 0 radical (unpaired) electrons. The number of carbonyl (C=O) groups is 2. The van der Waals surface area contributed by atoms with E-state index in [0.29, 0.717) is 5.56 Å². The molecule has 0 heterocycles. The van der Waals surface area contributed by atoms with Crippen LogP contribution < -0.4 is 0 Å². The molecular weight excluding hydrogens is 228 g/mol. The van der Waals surface area contributed by atoms with Gasteiger partial charge in [0.2, 0.25) is 0 Å². The molecular formula is C15H14O3. The fourth-order valence-corrected chi connectivity index (χ4v) is 1.94. The Bertz CT molecular complexity index is 596. The van der Waals surface area contributed by atoms with E-state index < -0.39 is 11.9 Å². The third kappa shape index (κ3) is 2.40. The molecule has 0 bridgehead atoms. The Labute approximate surface area is 105 Å². The van der Waals surface area contributed by atoms with Crippen LogP contribution in [0.5, 0.6) is 0 Å². The molecule has 2 rings (SSSR count). The Morgan fingerprint density at radius 1 is 1.11 bits per heavy atom. The Kier molecular flexibility index (Phi) is 3.42. The standard InChI is InChI=1S/C15H14O3/c1-10(15(17)18)9-14(16)13-8-4-6-11-5-2-3-7-12(11)13/h2-8,10H,9H2,1H3,(H,17,18). The molecule has 0 spiro atoms. The van der Waals surface area contributed by atoms with Crippen LogP contribution in [-0.4, -0.2) is 16.9 Å². The molecule has 3 nitrogen and oxygen atoms in total. The van der Waals surface area contributed by atoms with Gasteiger partial charge in [-0.1, -0.05) is 49.4 Å². The summed E-state index contributed by atoms with van der Waals surface area (Å²) >= 11 is 0. The van der Waals surface area contributed by atoms with E-state index in [1.807, 2.05) is 36.4 Å². The van der Waals surface area contributed by atoms with Gasteiger partial charge in [-0.3, -0.25) is 9.59 Å². The van der Waals surface area contributed by atoms with E-state index in [-0.39, 0.29) is 12.2 Å². The van der Waals surface area contributed by atoms with Crippen LogP contribution in [0.1, 0.15) is 23.7 Å². The highest BCUT2D eigenvalue weighted by Crippen LogP contribution is 2.21. The van der Waals surface area contributed by atoms with E-state index in [1.54, 1.807) is 13.0 Å². The fourth-order valence-electron chi connectivity index (χ4n) is 1.94. The molecule has 0 aliphatic rings. The van der Waals surface area contributed by atoms with Crippen molar-refractivity contribution >= 4 is 22.5 Å². The second kappa shape index (κ2) is 5.00. The van der Waals surface area contributed by atoms with Gasteiger partial charge in [0, 0.05) is 12.0 Å². The van der Waals surface area contributed by atoms with Gasteiger partial charge in [0.1, 0.15) is 0 Å². The van der Waals surface area contributed by atoms with Crippen LogP contribution in [-0.2, 0) is 4.79 Å². The average molecular weight is 242 g/mol. The van der Waals surface area contributed by atoms with Gasteiger partial charge in [0.15, 0.2) is 5.78 Å². The average Bonchev–Trinajstić information content (AvgIpc) is 2.37. The van der Waals surface area contributed by atoms with Crippen molar-refractivity contribution in [3.05, 3.63) is 48.0 Å². The highest BCUT2D eigenvalue weighted by molar-refractivity contribution is 6.08. The van der Waals surface area contributed by atoms with Crippen LogP contribution in [0.3, 0.4) is 0 Å². The fraction of sp³-hybridized carbons (Fsp3) is 0.200. The quantitative estimate of drug-likeness (QED) is 0.838. The molecule has 18 heavy (non-hydrogen) atoms. The minimum absolute atomic E-state index is 0.0311. The minimum Gasteiger partial charge on any atom is -0.481 e. The number of fused-ring (bicyclic) bond motifs is 1. The summed E-state index contributed by atoms with van der Waals surface area (Å²) in [6, 6.07) is 13.1. The number of carboxylic acids is 1. The second-order valence-electron chi connectivity index (χ2n) is 4.39. The van der Waals surface area contributed by atoms with Crippen molar-refractivity contribution in [2.75, 3.05) is 0 Å². The molecule has 0 aliphatic heterocycles. The summed E-state index contributed by atoms with van der Waals surface area (Å²) in [5, 5.41) is 10.7. The van der Waals surface area contributed by atoms with E-state index in [1.165, 1.54) is 0 Å². The summed E-state index contributed by atoms with van der Waals surface area (Å²) in [4.78, 5) is 22.9. The molecule has 1 atom stereocenters. The first-order valence-corrected chi connectivity index (χ1v) is 5.83. The van der Waals surface area contributed by atoms with Gasteiger partial charge in [0.25, 0.3) is 0 Å². The number of ketones is 1. The first-order valence-electron chi connectivity index (χ1n) is 5.83. The molecule has 0 saturated heterocycles. The zero-order chi connectivity index (χ0) is 13.1. The van der Waals surface area contributed by atoms with Crippen molar-refractivity contribution < 1.29 is 14.7 Å². The first kappa shape index (κ1) is 12.3. The minimum atomic E-state index is -0.941. The number of rotatable bonds is 4. The third-order valence-corrected chi connectivity index (χ3v) is 3.00. The maximum atomic E-state index is 12.1. The van der Waals surface area contributed by atoms with Crippen LogP contribution >= 0.6 is 0 Å². The summed E-state index contributed by atoms with van der Waals surface area (Å²) in [6.45, 7) is 1.55. The van der Waals surface area contributed by atoms with Gasteiger partial charge < -0.3 is 5.11 Å². The van der Waals surface area contributed by atoms with E-state index in [2.05, 4.69) is 0 Å². The predicted molar refractivity (Wildman–Crippen MR) is 69.7 cm³/mol. The smallest absolute Gasteiger partial charge is 0.306 e. The molecule has 92 valence electrons. The van der Waals surface area contributed by atoms with Crippen molar-refractivity contribution in [3.8, 4) is 0 Å². The van der Waals surface area contributed by atoms with Crippen molar-refractivity contribution in [1.29, 1.82) is 0 Å². The van der Waals surface area contributed by atoms with Crippen LogP contribution in [0.25, 0.3) is 10.8 Å². The lowest BCUT2D eigenvalue weighted by Gasteiger charge is -2.08. The lowest BCUT2D eigenvalue weighted by atomic mass is 9.95. The van der Waals surface area contributed by atoms with Crippen LogP contribution in [0.2, 0.25) is 0 Å². The first-order chi connectivity index (χ1) is 8.59. The molecule has 0 fully saturated rings. The summed E-state index contributed by atoms with van der Waals surface area (Å²) in [7, 11) is 0. The molecule has 2 aromatic carbocycles. The van der Waals surface area contributed by atoms with Crippen LogP contribution in [0, 0.1) is 5.92 Å². The summed E-state index contributed by atoms with van der Waals surface area (Å²) in [6.07, 6.45) is 0.0311. The topological polar surface area (TPSA) is 54.4 Å². The number of aliphatic carboxylic acids is 1. The molecule has 0 saturated carbocycles. The zero-order valence-electron chi connectivity index (χ0n) is 10.1. The molecule has 0 aliphatic carbocycles. The van der Waals surface area contributed by atoms with Crippen molar-refractivity contribution in [3.63, 3.8) is 0 Å². The van der Waals surface area contributed by atoms with Gasteiger partial charge in [-0.25, -0.2) is 0 Å². The number of carboxylic acid groups (broad SMARTS) is 1. The van der Waals surface area contributed by atoms with Crippen molar-refractivity contribution in [2.45, 2.75) is 13.3 Å². The summed E-state index contributed by atoms with van der Waals surface area (Å²) < 4.78 is 0. The molecule has 3 heteroatoms. The molecule has 0 aromatic heterocycles. The second-order valence-corrected chi connectivity index (χ2v) is 4.39. The van der Waals surface area contributed by atoms with Gasteiger partial charge in [-0.05, 0) is 10.8 Å². The maximum Gasteiger partial charge on any atom is 0.306 e. The molecule has 1 N–H and O–H groups in total. The lowest BCUT2D eigenvalue weighted by Crippen LogP contribution is -2.14. The highest BCUT2D eigenvalue weighted by atomic mass is 16.4. The monoisotopic (exact) mass is 242 g/mol. The van der Waals surface area contributed by atoms with Crippen LogP contribution in [0.15, 0.2) is 42.5 Å². The zero-order valence-corrected chi connectivity index (χ0v) is 10.1. The van der Waals surface area contributed by atoms with E-state index in [4.69, 9.17) is 5.11 Å². The Hall–Kier alpha value is -2.16. The van der Waals surface area contributed by atoms with Crippen molar-refractivity contribution in [1.82, 2.24) is 0 Å². The Morgan fingerprint density at radius 3 is 2.50 bits per heavy atom. The van der Waals surface area contributed by atoms with Crippen molar-refractivity contribution in [2.24, 2.45) is 5.92 Å². The third-order valence-electron chi connectivity index (χ3n) is 3.00. The predicted octanol–water partition coefficient (Wildman–Crippen LogP) is 3.13. The number of hydrogen-bond donors (Lipinski definition) is 1. The highest BCUT2D eigenvalue weighted by Gasteiger charge is 2.18. The SMILES string of the molecule is CC(CC(=O)c1cccc2ccccc12)C(=O)O. The van der Waals surface area contributed by atoms with E-state index >= 15 is 0 Å². The normalized spacial score (nSPS) is 12.3. The Morgan fingerprint density at radius 2 is 1.78 bits per heavy atom. The lowest BCUT2D eigenvalue weighted by molar-refractivity contribution is -0.141. The summed E-state index contributed by atoms with van der Waals surface area (Å²) in [5.41, 5.74) is 0.598. The number of Topliss-reactive ketones (excluding diaryl/α,β-unsaturated/α-hetero) is 1. The van der Waals surface area contributed by atoms with E-state index in [9.17, 15) is 9.59 Å². The largest absolute Gasteiger partial charge is 0.481 e. The van der Waals surface area contributed by atoms with Gasteiger partial charge in [-0.15, -0.1) is 0 Å². The van der Waals surface area contributed by atoms with Gasteiger partial charge in [0.05, 0.1) is 5.92 Å². The van der Waals surface area contributed by atoms with Crippen LogP contribution in [0.4, 0.5) is 0 Å². The maximum absolute atomic E-state index is 12.1. The molecule has 2 aromatic rings.